The minimum atomic E-state index is -3.46. The van der Waals surface area contributed by atoms with Crippen molar-refractivity contribution in [1.82, 2.24) is 15.4 Å². The first-order chi connectivity index (χ1) is 13.7. The van der Waals surface area contributed by atoms with Crippen molar-refractivity contribution in [2.45, 2.75) is 38.7 Å². The Kier molecular flexibility index (Phi) is 10.6. The molecule has 166 valence electrons. The van der Waals surface area contributed by atoms with Gasteiger partial charge in [-0.3, -0.25) is 4.99 Å². The van der Waals surface area contributed by atoms with Crippen LogP contribution in [0.4, 0.5) is 8.78 Å². The summed E-state index contributed by atoms with van der Waals surface area (Å²) < 4.78 is 54.1. The average molecular weight is 552 g/mol. The van der Waals surface area contributed by atoms with E-state index in [1.54, 1.807) is 33.0 Å². The highest BCUT2D eigenvalue weighted by Crippen LogP contribution is 2.13. The molecule has 0 bridgehead atoms. The van der Waals surface area contributed by atoms with E-state index in [1.807, 2.05) is 12.1 Å². The van der Waals surface area contributed by atoms with Crippen LogP contribution in [0.3, 0.4) is 0 Å². The van der Waals surface area contributed by atoms with E-state index in [0.29, 0.717) is 18.1 Å². The standard InChI is InChI=1S/C20H26F2N4O2S.HI/c1-14(2)26-29(27,28)13-16-7-5-4-6-15(16)11-24-20(23-3)25-12-17-10-18(21)8-9-19(17)22;/h4-10,14,26H,11-13H2,1-3H3,(H2,23,24,25);1H. The second-order valence-electron chi connectivity index (χ2n) is 6.82. The van der Waals surface area contributed by atoms with Crippen molar-refractivity contribution >= 4 is 40.0 Å². The number of halogens is 3. The van der Waals surface area contributed by atoms with Crippen LogP contribution in [0.25, 0.3) is 0 Å². The Morgan fingerprint density at radius 3 is 2.20 bits per heavy atom. The predicted molar refractivity (Wildman–Crippen MR) is 126 cm³/mol. The Hall–Kier alpha value is -1.79. The van der Waals surface area contributed by atoms with E-state index in [-0.39, 0.29) is 47.9 Å². The van der Waals surface area contributed by atoms with E-state index >= 15 is 0 Å². The van der Waals surface area contributed by atoms with E-state index in [9.17, 15) is 17.2 Å². The molecule has 2 rings (SSSR count). The van der Waals surface area contributed by atoms with E-state index in [2.05, 4.69) is 20.3 Å². The van der Waals surface area contributed by atoms with Crippen molar-refractivity contribution < 1.29 is 17.2 Å². The quantitative estimate of drug-likeness (QED) is 0.267. The fraction of sp³-hybridized carbons (Fsp3) is 0.350. The van der Waals surface area contributed by atoms with Crippen molar-refractivity contribution in [2.75, 3.05) is 7.05 Å². The fourth-order valence-electron chi connectivity index (χ4n) is 2.73. The van der Waals surface area contributed by atoms with Gasteiger partial charge in [0, 0.05) is 31.7 Å². The molecule has 0 fully saturated rings. The summed E-state index contributed by atoms with van der Waals surface area (Å²) in [6.07, 6.45) is 0. The number of benzene rings is 2. The minimum absolute atomic E-state index is 0. The lowest BCUT2D eigenvalue weighted by atomic mass is 10.1. The predicted octanol–water partition coefficient (Wildman–Crippen LogP) is 3.28. The maximum Gasteiger partial charge on any atom is 0.216 e. The van der Waals surface area contributed by atoms with Crippen LogP contribution in [0.1, 0.15) is 30.5 Å². The molecule has 6 nitrogen and oxygen atoms in total. The Balaban J connectivity index is 0.00000450. The van der Waals surface area contributed by atoms with Gasteiger partial charge in [0.25, 0.3) is 0 Å². The third-order valence-corrected chi connectivity index (χ3v) is 5.52. The van der Waals surface area contributed by atoms with Gasteiger partial charge in [-0.25, -0.2) is 21.9 Å². The average Bonchev–Trinajstić information content (AvgIpc) is 2.64. The molecule has 0 aliphatic carbocycles. The second-order valence-corrected chi connectivity index (χ2v) is 8.57. The molecule has 0 unspecified atom stereocenters. The van der Waals surface area contributed by atoms with Gasteiger partial charge in [0.2, 0.25) is 10.0 Å². The summed E-state index contributed by atoms with van der Waals surface area (Å²) in [5.74, 6) is -0.783. The maximum atomic E-state index is 13.7. The molecule has 0 aromatic heterocycles. The van der Waals surface area contributed by atoms with Gasteiger partial charge in [-0.1, -0.05) is 24.3 Å². The number of guanidine groups is 1. The molecule has 30 heavy (non-hydrogen) atoms. The van der Waals surface area contributed by atoms with Gasteiger partial charge in [0.15, 0.2) is 5.96 Å². The zero-order valence-electron chi connectivity index (χ0n) is 17.1. The van der Waals surface area contributed by atoms with Crippen LogP contribution in [0.5, 0.6) is 0 Å². The summed E-state index contributed by atoms with van der Waals surface area (Å²) in [5, 5.41) is 5.98. The summed E-state index contributed by atoms with van der Waals surface area (Å²) >= 11 is 0. The van der Waals surface area contributed by atoms with Gasteiger partial charge in [0.1, 0.15) is 11.6 Å². The molecule has 0 amide bonds. The highest BCUT2D eigenvalue weighted by Gasteiger charge is 2.15. The molecule has 0 aliphatic rings. The van der Waals surface area contributed by atoms with Gasteiger partial charge in [-0.05, 0) is 43.2 Å². The van der Waals surface area contributed by atoms with E-state index in [1.165, 1.54) is 0 Å². The summed E-state index contributed by atoms with van der Waals surface area (Å²) in [6.45, 7) is 3.90. The van der Waals surface area contributed by atoms with Crippen molar-refractivity contribution in [2.24, 2.45) is 4.99 Å². The highest BCUT2D eigenvalue weighted by atomic mass is 127. The van der Waals surface area contributed by atoms with Crippen LogP contribution in [0.2, 0.25) is 0 Å². The first-order valence-corrected chi connectivity index (χ1v) is 10.8. The number of sulfonamides is 1. The van der Waals surface area contributed by atoms with Crippen molar-refractivity contribution in [3.05, 3.63) is 70.8 Å². The Bertz CT molecular complexity index is 969. The largest absolute Gasteiger partial charge is 0.352 e. The monoisotopic (exact) mass is 552 g/mol. The Labute approximate surface area is 193 Å². The van der Waals surface area contributed by atoms with Crippen LogP contribution in [-0.2, 0) is 28.9 Å². The summed E-state index contributed by atoms with van der Waals surface area (Å²) in [7, 11) is -1.90. The second kappa shape index (κ2) is 12.2. The Morgan fingerprint density at radius 2 is 1.60 bits per heavy atom. The number of nitrogens with zero attached hydrogens (tertiary/aromatic N) is 1. The zero-order chi connectivity index (χ0) is 21.4. The molecule has 0 atom stereocenters. The molecule has 0 saturated heterocycles. The summed E-state index contributed by atoms with van der Waals surface area (Å²) in [6, 6.07) is 10.3. The molecule has 0 aliphatic heterocycles. The number of aliphatic imine (C=N–C) groups is 1. The van der Waals surface area contributed by atoms with Gasteiger partial charge in [-0.2, -0.15) is 0 Å². The third kappa shape index (κ3) is 8.52. The van der Waals surface area contributed by atoms with Gasteiger partial charge in [-0.15, -0.1) is 24.0 Å². The lowest BCUT2D eigenvalue weighted by Gasteiger charge is -2.15. The molecule has 0 spiro atoms. The molecule has 2 aromatic carbocycles. The van der Waals surface area contributed by atoms with Crippen molar-refractivity contribution in [3.63, 3.8) is 0 Å². The van der Waals surface area contributed by atoms with Crippen LogP contribution in [0.15, 0.2) is 47.5 Å². The Morgan fingerprint density at radius 1 is 1.00 bits per heavy atom. The van der Waals surface area contributed by atoms with E-state index in [4.69, 9.17) is 0 Å². The molecule has 2 aromatic rings. The van der Waals surface area contributed by atoms with Crippen molar-refractivity contribution in [3.8, 4) is 0 Å². The number of hydrogen-bond acceptors (Lipinski definition) is 3. The maximum absolute atomic E-state index is 13.7. The van der Waals surface area contributed by atoms with Crippen molar-refractivity contribution in [1.29, 1.82) is 0 Å². The first kappa shape index (κ1) is 26.2. The van der Waals surface area contributed by atoms with Crippen LogP contribution in [0, 0.1) is 11.6 Å². The molecule has 0 radical (unpaired) electrons. The smallest absolute Gasteiger partial charge is 0.216 e. The lowest BCUT2D eigenvalue weighted by molar-refractivity contribution is 0.568. The molecular formula is C20H27F2IN4O2S. The van der Waals surface area contributed by atoms with Gasteiger partial charge >= 0.3 is 0 Å². The van der Waals surface area contributed by atoms with Gasteiger partial charge in [0.05, 0.1) is 5.75 Å². The molecule has 3 N–H and O–H groups in total. The fourth-order valence-corrected chi connectivity index (χ4v) is 4.23. The molecule has 10 heteroatoms. The normalized spacial score (nSPS) is 11.9. The molecule has 0 heterocycles. The number of rotatable bonds is 8. The van der Waals surface area contributed by atoms with Crippen LogP contribution < -0.4 is 15.4 Å². The van der Waals surface area contributed by atoms with Crippen LogP contribution in [-0.4, -0.2) is 27.5 Å². The highest BCUT2D eigenvalue weighted by molar-refractivity contribution is 14.0. The molecular weight excluding hydrogens is 525 g/mol. The summed E-state index contributed by atoms with van der Waals surface area (Å²) in [4.78, 5) is 4.06. The van der Waals surface area contributed by atoms with Gasteiger partial charge < -0.3 is 10.6 Å². The van der Waals surface area contributed by atoms with Crippen LogP contribution >= 0.6 is 24.0 Å². The minimum Gasteiger partial charge on any atom is -0.352 e. The SMILES string of the molecule is CN=C(NCc1cc(F)ccc1F)NCc1ccccc1CS(=O)(=O)NC(C)C.I. The summed E-state index contributed by atoms with van der Waals surface area (Å²) in [5.41, 5.74) is 1.64. The third-order valence-electron chi connectivity index (χ3n) is 4.00. The molecule has 0 saturated carbocycles. The van der Waals surface area contributed by atoms with E-state index < -0.39 is 21.7 Å². The number of hydrogen-bond donors (Lipinski definition) is 3. The topological polar surface area (TPSA) is 82.6 Å². The zero-order valence-corrected chi connectivity index (χ0v) is 20.2. The number of nitrogens with one attached hydrogen (secondary N) is 3. The first-order valence-electron chi connectivity index (χ1n) is 9.15. The van der Waals surface area contributed by atoms with E-state index in [0.717, 1.165) is 23.8 Å². The lowest BCUT2D eigenvalue weighted by Crippen LogP contribution is -2.37.